The van der Waals surface area contributed by atoms with Gasteiger partial charge in [0.15, 0.2) is 11.6 Å². The molecule has 1 N–H and O–H groups in total. The number of carboxylic acids is 1. The second kappa shape index (κ2) is 13.2. The fourth-order valence-electron chi connectivity index (χ4n) is 5.55. The molecule has 230 valence electrons. The number of imidazole rings is 2. The molecule has 45 heavy (non-hydrogen) atoms. The molecule has 10 nitrogen and oxygen atoms in total. The summed E-state index contributed by atoms with van der Waals surface area (Å²) in [5, 5.41) is 9.59. The minimum Gasteiger partial charge on any atom is -0.484 e. The minimum absolute atomic E-state index is 0.00508. The Morgan fingerprint density at radius 1 is 1.11 bits per heavy atom. The highest BCUT2D eigenvalue weighted by atomic mass is 19.1. The number of rotatable bonds is 11. The number of carboxylic acid groups (broad SMARTS) is 1. The molecule has 6 rings (SSSR count). The minimum atomic E-state index is -0.969. The number of nitrogens with zero attached hydrogens (tertiary/aromatic N) is 6. The zero-order chi connectivity index (χ0) is 31.3. The van der Waals surface area contributed by atoms with E-state index in [1.54, 1.807) is 30.6 Å². The summed E-state index contributed by atoms with van der Waals surface area (Å²) >= 11 is 0. The van der Waals surface area contributed by atoms with Gasteiger partial charge < -0.3 is 23.7 Å². The third kappa shape index (κ3) is 6.81. The summed E-state index contributed by atoms with van der Waals surface area (Å²) in [6.45, 7) is 5.71. The van der Waals surface area contributed by atoms with E-state index in [9.17, 15) is 14.3 Å². The monoisotopic (exact) mass is 608 g/mol. The van der Waals surface area contributed by atoms with Crippen molar-refractivity contribution in [1.82, 2.24) is 29.0 Å². The Balaban J connectivity index is 1.09. The van der Waals surface area contributed by atoms with Crippen LogP contribution in [0.1, 0.15) is 52.9 Å². The molecule has 0 bridgehead atoms. The number of benzene rings is 2. The largest absolute Gasteiger partial charge is 0.484 e. The van der Waals surface area contributed by atoms with Gasteiger partial charge in [-0.1, -0.05) is 12.0 Å². The van der Waals surface area contributed by atoms with Crippen LogP contribution in [0.4, 0.5) is 4.39 Å². The highest BCUT2D eigenvalue weighted by molar-refractivity contribution is 5.92. The van der Waals surface area contributed by atoms with Crippen LogP contribution in [0.5, 0.6) is 11.6 Å². The molecule has 0 unspecified atom stereocenters. The van der Waals surface area contributed by atoms with Gasteiger partial charge in [-0.2, -0.15) is 0 Å². The number of hydrogen-bond acceptors (Lipinski definition) is 7. The lowest BCUT2D eigenvalue weighted by Gasteiger charge is -2.31. The van der Waals surface area contributed by atoms with Crippen molar-refractivity contribution in [3.63, 3.8) is 0 Å². The zero-order valence-electron chi connectivity index (χ0n) is 24.9. The summed E-state index contributed by atoms with van der Waals surface area (Å²) in [6, 6.07) is 14.9. The summed E-state index contributed by atoms with van der Waals surface area (Å²) in [5.41, 5.74) is 3.88. The Morgan fingerprint density at radius 3 is 2.71 bits per heavy atom. The van der Waals surface area contributed by atoms with Crippen molar-refractivity contribution >= 4 is 17.0 Å². The molecule has 1 aliphatic heterocycles. The lowest BCUT2D eigenvalue weighted by molar-refractivity contribution is 0.0697. The molecule has 0 radical (unpaired) electrons. The van der Waals surface area contributed by atoms with Crippen LogP contribution < -0.4 is 9.47 Å². The van der Waals surface area contributed by atoms with Crippen molar-refractivity contribution in [2.45, 2.75) is 52.1 Å². The first-order valence-corrected chi connectivity index (χ1v) is 14.9. The number of hydrogen-bond donors (Lipinski definition) is 1. The van der Waals surface area contributed by atoms with Crippen LogP contribution in [0.25, 0.3) is 11.0 Å². The molecule has 11 heteroatoms. The van der Waals surface area contributed by atoms with E-state index in [2.05, 4.69) is 36.8 Å². The first-order valence-electron chi connectivity index (χ1n) is 14.9. The third-order valence-corrected chi connectivity index (χ3v) is 7.98. The number of likely N-dealkylation sites (tertiary alicyclic amines) is 1. The topological polar surface area (TPSA) is 108 Å². The quantitative estimate of drug-likeness (QED) is 0.206. The van der Waals surface area contributed by atoms with Crippen LogP contribution in [-0.4, -0.2) is 59.3 Å². The smallest absolute Gasteiger partial charge is 0.335 e. The summed E-state index contributed by atoms with van der Waals surface area (Å²) in [5.74, 6) is 2.40. The second-order valence-corrected chi connectivity index (χ2v) is 10.9. The maximum absolute atomic E-state index is 14.2. The average molecular weight is 609 g/mol. The van der Waals surface area contributed by atoms with Crippen LogP contribution in [0.15, 0.2) is 67.1 Å². The van der Waals surface area contributed by atoms with Crippen molar-refractivity contribution in [3.8, 4) is 24.0 Å². The van der Waals surface area contributed by atoms with Crippen LogP contribution in [0.3, 0.4) is 0 Å². The van der Waals surface area contributed by atoms with Gasteiger partial charge in [0.05, 0.1) is 47.4 Å². The fourth-order valence-corrected chi connectivity index (χ4v) is 5.55. The predicted molar refractivity (Wildman–Crippen MR) is 166 cm³/mol. The normalized spacial score (nSPS) is 14.0. The number of aromatic carboxylic acids is 1. The fraction of sp³-hybridized carbons (Fsp3) is 0.294. The molecule has 0 atom stereocenters. The standard InChI is InChI=1S/C34H33FN6O4/c1-3-23-8-11-31(28(35)16-23)44-21-25-6-5-7-33(37-25)45-27-12-14-39(15-13-27)20-32-38-29-10-9-24(34(42)43)17-30(29)41(32)19-26-18-36-22-40(26)4-2/h1,5-11,16-18,22,27H,4,12-15,19-21H2,2H3,(H,42,43). The Labute approximate surface area is 260 Å². The van der Waals surface area contributed by atoms with Crippen molar-refractivity contribution in [1.29, 1.82) is 0 Å². The summed E-state index contributed by atoms with van der Waals surface area (Å²) in [4.78, 5) is 27.8. The zero-order valence-corrected chi connectivity index (χ0v) is 24.9. The molecule has 1 saturated heterocycles. The Bertz CT molecular complexity index is 1870. The van der Waals surface area contributed by atoms with E-state index in [1.165, 1.54) is 12.1 Å². The van der Waals surface area contributed by atoms with E-state index in [-0.39, 0.29) is 24.0 Å². The SMILES string of the molecule is C#Cc1ccc(OCc2cccc(OC3CCN(Cc4nc5ccc(C(=O)O)cc5n4Cc4cncn4CC)CC3)n2)c(F)c1. The number of halogens is 1. The molecule has 4 heterocycles. The first-order chi connectivity index (χ1) is 21.9. The van der Waals surface area contributed by atoms with Crippen molar-refractivity contribution < 1.29 is 23.8 Å². The van der Waals surface area contributed by atoms with Crippen LogP contribution in [-0.2, 0) is 26.2 Å². The molecule has 0 spiro atoms. The van der Waals surface area contributed by atoms with Crippen molar-refractivity contribution in [2.24, 2.45) is 0 Å². The van der Waals surface area contributed by atoms with Gasteiger partial charge in [-0.3, -0.25) is 4.90 Å². The maximum Gasteiger partial charge on any atom is 0.335 e. The number of fused-ring (bicyclic) bond motifs is 1. The van der Waals surface area contributed by atoms with E-state index < -0.39 is 11.8 Å². The Hall–Kier alpha value is -5.21. The molecule has 0 saturated carbocycles. The number of piperidine rings is 1. The van der Waals surface area contributed by atoms with E-state index in [0.29, 0.717) is 30.2 Å². The summed E-state index contributed by atoms with van der Waals surface area (Å²) in [7, 11) is 0. The summed E-state index contributed by atoms with van der Waals surface area (Å²) < 4.78 is 30.3. The average Bonchev–Trinajstić information content (AvgIpc) is 3.65. The van der Waals surface area contributed by atoms with Gasteiger partial charge in [-0.25, -0.2) is 24.1 Å². The summed E-state index contributed by atoms with van der Waals surface area (Å²) in [6.07, 6.45) is 10.6. The molecular formula is C34H33FN6O4. The number of aromatic nitrogens is 5. The van der Waals surface area contributed by atoms with E-state index >= 15 is 0 Å². The Morgan fingerprint density at radius 2 is 1.96 bits per heavy atom. The van der Waals surface area contributed by atoms with Gasteiger partial charge >= 0.3 is 5.97 Å². The third-order valence-electron chi connectivity index (χ3n) is 7.98. The maximum atomic E-state index is 14.2. The van der Waals surface area contributed by atoms with Gasteiger partial charge in [-0.15, -0.1) is 6.42 Å². The van der Waals surface area contributed by atoms with Gasteiger partial charge in [-0.05, 0) is 62.2 Å². The molecule has 1 fully saturated rings. The van der Waals surface area contributed by atoms with Crippen molar-refractivity contribution in [2.75, 3.05) is 13.1 Å². The van der Waals surface area contributed by atoms with Gasteiger partial charge in [0, 0.05) is 37.5 Å². The highest BCUT2D eigenvalue weighted by Crippen LogP contribution is 2.24. The van der Waals surface area contributed by atoms with E-state index in [0.717, 1.165) is 55.0 Å². The van der Waals surface area contributed by atoms with Crippen LogP contribution in [0.2, 0.25) is 0 Å². The first kappa shape index (κ1) is 29.8. The predicted octanol–water partition coefficient (Wildman–Crippen LogP) is 5.14. The number of aryl methyl sites for hydroxylation is 1. The van der Waals surface area contributed by atoms with Crippen molar-refractivity contribution in [3.05, 3.63) is 101 Å². The molecule has 0 aliphatic carbocycles. The Kier molecular flexibility index (Phi) is 8.75. The lowest BCUT2D eigenvalue weighted by Crippen LogP contribution is -2.38. The molecule has 2 aromatic carbocycles. The van der Waals surface area contributed by atoms with Gasteiger partial charge in [0.1, 0.15) is 18.5 Å². The van der Waals surface area contributed by atoms with Crippen LogP contribution in [0, 0.1) is 18.2 Å². The molecule has 5 aromatic rings. The number of pyridine rings is 1. The highest BCUT2D eigenvalue weighted by Gasteiger charge is 2.24. The van der Waals surface area contributed by atoms with Crippen LogP contribution >= 0.6 is 0 Å². The van der Waals surface area contributed by atoms with E-state index in [1.807, 2.05) is 24.4 Å². The molecule has 3 aromatic heterocycles. The lowest BCUT2D eigenvalue weighted by atomic mass is 10.1. The molecule has 0 amide bonds. The van der Waals surface area contributed by atoms with Gasteiger partial charge in [0.25, 0.3) is 0 Å². The molecular weight excluding hydrogens is 575 g/mol. The second-order valence-electron chi connectivity index (χ2n) is 10.9. The number of ether oxygens (including phenoxy) is 2. The molecule has 1 aliphatic rings. The van der Waals surface area contributed by atoms with E-state index in [4.69, 9.17) is 20.9 Å². The number of carbonyl (C=O) groups is 1. The van der Waals surface area contributed by atoms with Gasteiger partial charge in [0.2, 0.25) is 5.88 Å². The number of terminal acetylenes is 1.